The number of hydrogen-bond donors (Lipinski definition) is 1. The fraction of sp³-hybridized carbons (Fsp3) is 0.125. The predicted octanol–water partition coefficient (Wildman–Crippen LogP) is 4.34. The Bertz CT molecular complexity index is 1150. The number of aromatic nitrogens is 2. The third kappa shape index (κ3) is 4.07. The van der Waals surface area contributed by atoms with Crippen LogP contribution in [0.4, 0.5) is 11.5 Å². The van der Waals surface area contributed by atoms with Crippen LogP contribution in [-0.4, -0.2) is 30.0 Å². The lowest BCUT2D eigenvalue weighted by Gasteiger charge is -2.20. The largest absolute Gasteiger partial charge is 0.489 e. The molecule has 1 amide bonds. The van der Waals surface area contributed by atoms with Gasteiger partial charge in [-0.3, -0.25) is 4.79 Å². The highest BCUT2D eigenvalue weighted by molar-refractivity contribution is 5.94. The van der Waals surface area contributed by atoms with Crippen LogP contribution in [-0.2, 0) is 6.61 Å². The zero-order valence-corrected chi connectivity index (χ0v) is 16.9. The molecule has 0 bridgehead atoms. The van der Waals surface area contributed by atoms with Crippen molar-refractivity contribution < 1.29 is 9.53 Å². The van der Waals surface area contributed by atoms with Gasteiger partial charge in [-0.1, -0.05) is 24.3 Å². The Labute approximate surface area is 175 Å². The van der Waals surface area contributed by atoms with Crippen molar-refractivity contribution in [2.45, 2.75) is 6.61 Å². The van der Waals surface area contributed by atoms with Gasteiger partial charge in [-0.25, -0.2) is 9.97 Å². The van der Waals surface area contributed by atoms with Crippen molar-refractivity contribution in [3.05, 3.63) is 90.3 Å². The first-order valence-electron chi connectivity index (χ1n) is 9.63. The van der Waals surface area contributed by atoms with E-state index in [2.05, 4.69) is 15.3 Å². The molecule has 30 heavy (non-hydrogen) atoms. The number of carbonyl (C=O) groups excluding carboxylic acids is 1. The number of anilines is 2. The summed E-state index contributed by atoms with van der Waals surface area (Å²) in [6, 6.07) is 23.2. The molecule has 3 aromatic carbocycles. The predicted molar refractivity (Wildman–Crippen MR) is 118 cm³/mol. The second kappa shape index (κ2) is 8.61. The lowest BCUT2D eigenvalue weighted by molar-refractivity contribution is 0.0963. The van der Waals surface area contributed by atoms with E-state index in [0.717, 1.165) is 33.7 Å². The summed E-state index contributed by atoms with van der Waals surface area (Å²) in [5.74, 6) is 1.53. The fourth-order valence-corrected chi connectivity index (χ4v) is 3.21. The van der Waals surface area contributed by atoms with Gasteiger partial charge >= 0.3 is 0 Å². The standard InChI is InChI=1S/C24H22N4O2/c1-25-24(29)18-9-7-17(8-10-18)15-30-20-13-11-19(12-14-20)28(2)23-21-5-3-4-6-22(21)26-16-27-23/h3-14,16H,15H2,1-2H3,(H,25,29). The van der Waals surface area contributed by atoms with Gasteiger partial charge in [-0.2, -0.15) is 0 Å². The van der Waals surface area contributed by atoms with Gasteiger partial charge in [0.05, 0.1) is 5.52 Å². The van der Waals surface area contributed by atoms with Gasteiger partial charge < -0.3 is 15.0 Å². The summed E-state index contributed by atoms with van der Waals surface area (Å²) in [7, 11) is 3.60. The summed E-state index contributed by atoms with van der Waals surface area (Å²) in [6.07, 6.45) is 1.58. The molecule has 0 atom stereocenters. The molecule has 4 aromatic rings. The molecule has 1 N–H and O–H groups in total. The molecule has 0 unspecified atom stereocenters. The number of rotatable bonds is 6. The Morgan fingerprint density at radius 3 is 2.43 bits per heavy atom. The van der Waals surface area contributed by atoms with E-state index in [1.807, 2.05) is 72.6 Å². The molecule has 150 valence electrons. The lowest BCUT2D eigenvalue weighted by Crippen LogP contribution is -2.17. The van der Waals surface area contributed by atoms with Crippen LogP contribution in [0, 0.1) is 0 Å². The van der Waals surface area contributed by atoms with Gasteiger partial charge in [0.1, 0.15) is 24.5 Å². The van der Waals surface area contributed by atoms with E-state index in [1.165, 1.54) is 0 Å². The third-order valence-electron chi connectivity index (χ3n) is 4.91. The van der Waals surface area contributed by atoms with E-state index < -0.39 is 0 Å². The first-order valence-corrected chi connectivity index (χ1v) is 9.63. The van der Waals surface area contributed by atoms with E-state index in [9.17, 15) is 4.79 Å². The first kappa shape index (κ1) is 19.4. The van der Waals surface area contributed by atoms with Crippen molar-refractivity contribution in [2.24, 2.45) is 0 Å². The summed E-state index contributed by atoms with van der Waals surface area (Å²) >= 11 is 0. The Balaban J connectivity index is 1.44. The van der Waals surface area contributed by atoms with Gasteiger partial charge in [0.25, 0.3) is 5.91 Å². The highest BCUT2D eigenvalue weighted by Gasteiger charge is 2.10. The number of benzene rings is 3. The highest BCUT2D eigenvalue weighted by Crippen LogP contribution is 2.29. The molecule has 1 aromatic heterocycles. The number of ether oxygens (including phenoxy) is 1. The molecule has 0 aliphatic carbocycles. The molecule has 6 heteroatoms. The maximum Gasteiger partial charge on any atom is 0.251 e. The minimum absolute atomic E-state index is 0.0985. The van der Waals surface area contributed by atoms with Crippen molar-refractivity contribution in [2.75, 3.05) is 19.0 Å². The van der Waals surface area contributed by atoms with E-state index in [-0.39, 0.29) is 5.91 Å². The smallest absolute Gasteiger partial charge is 0.251 e. The second-order valence-corrected chi connectivity index (χ2v) is 6.83. The van der Waals surface area contributed by atoms with Crippen molar-refractivity contribution in [3.8, 4) is 5.75 Å². The Morgan fingerprint density at radius 2 is 1.70 bits per heavy atom. The Hall–Kier alpha value is -3.93. The van der Waals surface area contributed by atoms with Gasteiger partial charge in [0, 0.05) is 30.7 Å². The van der Waals surface area contributed by atoms with E-state index in [1.54, 1.807) is 25.5 Å². The van der Waals surface area contributed by atoms with E-state index >= 15 is 0 Å². The molecule has 0 aliphatic heterocycles. The van der Waals surface area contributed by atoms with Crippen LogP contribution in [0.25, 0.3) is 10.9 Å². The molecule has 1 heterocycles. The number of fused-ring (bicyclic) bond motifs is 1. The van der Waals surface area contributed by atoms with Crippen LogP contribution in [0.5, 0.6) is 5.75 Å². The SMILES string of the molecule is CNC(=O)c1ccc(COc2ccc(N(C)c3ncnc4ccccc34)cc2)cc1. The molecule has 0 radical (unpaired) electrons. The van der Waals surface area contributed by atoms with Crippen molar-refractivity contribution >= 4 is 28.3 Å². The average molecular weight is 398 g/mol. The van der Waals surface area contributed by atoms with Crippen molar-refractivity contribution in [1.82, 2.24) is 15.3 Å². The lowest BCUT2D eigenvalue weighted by atomic mass is 10.1. The number of para-hydroxylation sites is 1. The minimum atomic E-state index is -0.0985. The van der Waals surface area contributed by atoms with Crippen molar-refractivity contribution in [1.29, 1.82) is 0 Å². The number of amides is 1. The van der Waals surface area contributed by atoms with Crippen LogP contribution in [0.15, 0.2) is 79.1 Å². The van der Waals surface area contributed by atoms with Crippen LogP contribution in [0.3, 0.4) is 0 Å². The Kier molecular flexibility index (Phi) is 5.57. The third-order valence-corrected chi connectivity index (χ3v) is 4.91. The molecule has 0 aliphatic rings. The van der Waals surface area contributed by atoms with Gasteiger partial charge in [0.15, 0.2) is 0 Å². The second-order valence-electron chi connectivity index (χ2n) is 6.83. The summed E-state index contributed by atoms with van der Waals surface area (Å²) in [5.41, 5.74) is 3.54. The molecule has 4 rings (SSSR count). The van der Waals surface area contributed by atoms with E-state index in [4.69, 9.17) is 4.74 Å². The number of nitrogens with one attached hydrogen (secondary N) is 1. The van der Waals surface area contributed by atoms with Crippen LogP contribution < -0.4 is 15.0 Å². The molecular formula is C24H22N4O2. The fourth-order valence-electron chi connectivity index (χ4n) is 3.21. The minimum Gasteiger partial charge on any atom is -0.489 e. The molecule has 0 saturated heterocycles. The topological polar surface area (TPSA) is 67.3 Å². The maximum atomic E-state index is 11.6. The van der Waals surface area contributed by atoms with Crippen molar-refractivity contribution in [3.63, 3.8) is 0 Å². The van der Waals surface area contributed by atoms with Gasteiger partial charge in [-0.15, -0.1) is 0 Å². The quantitative estimate of drug-likeness (QED) is 0.523. The Morgan fingerprint density at radius 1 is 0.967 bits per heavy atom. The number of nitrogens with zero attached hydrogens (tertiary/aromatic N) is 3. The summed E-state index contributed by atoms with van der Waals surface area (Å²) in [4.78, 5) is 22.4. The molecule has 0 saturated carbocycles. The van der Waals surface area contributed by atoms with E-state index in [0.29, 0.717) is 12.2 Å². The summed E-state index contributed by atoms with van der Waals surface area (Å²) < 4.78 is 5.88. The number of carbonyl (C=O) groups is 1. The summed E-state index contributed by atoms with van der Waals surface area (Å²) in [6.45, 7) is 0.430. The molecule has 0 fully saturated rings. The number of hydrogen-bond acceptors (Lipinski definition) is 5. The molecule has 0 spiro atoms. The molecular weight excluding hydrogens is 376 g/mol. The first-order chi connectivity index (χ1) is 14.7. The average Bonchev–Trinajstić information content (AvgIpc) is 2.82. The summed E-state index contributed by atoms with van der Waals surface area (Å²) in [5, 5.41) is 3.62. The normalized spacial score (nSPS) is 10.6. The highest BCUT2D eigenvalue weighted by atomic mass is 16.5. The monoisotopic (exact) mass is 398 g/mol. The van der Waals surface area contributed by atoms with Gasteiger partial charge in [0.2, 0.25) is 0 Å². The zero-order chi connectivity index (χ0) is 20.9. The molecule has 6 nitrogen and oxygen atoms in total. The maximum absolute atomic E-state index is 11.6. The van der Waals surface area contributed by atoms with Gasteiger partial charge in [-0.05, 0) is 54.1 Å². The van der Waals surface area contributed by atoms with Crippen LogP contribution in [0.1, 0.15) is 15.9 Å². The van der Waals surface area contributed by atoms with Crippen LogP contribution >= 0.6 is 0 Å². The zero-order valence-electron chi connectivity index (χ0n) is 16.9. The van der Waals surface area contributed by atoms with Crippen LogP contribution in [0.2, 0.25) is 0 Å².